The summed E-state index contributed by atoms with van der Waals surface area (Å²) < 4.78 is 17.5. The molecule has 340 valence electrons. The lowest BCUT2D eigenvalue weighted by molar-refractivity contribution is -0.155. The number of aliphatic carboxylic acids is 1. The fourth-order valence-electron chi connectivity index (χ4n) is 7.28. The molecule has 0 aliphatic carbocycles. The third-order valence-corrected chi connectivity index (χ3v) is 10.6. The number of carboxylic acids is 1. The third-order valence-electron chi connectivity index (χ3n) is 10.6. The van der Waals surface area contributed by atoms with Crippen LogP contribution in [-0.2, 0) is 53.2 Å². The number of rotatable bonds is 23. The second kappa shape index (κ2) is 28.8. The summed E-state index contributed by atoms with van der Waals surface area (Å²) in [7, 11) is 0. The van der Waals surface area contributed by atoms with Gasteiger partial charge in [-0.1, -0.05) is 106 Å². The van der Waals surface area contributed by atoms with Gasteiger partial charge >= 0.3 is 23.9 Å². The molecule has 1 saturated heterocycles. The summed E-state index contributed by atoms with van der Waals surface area (Å²) in [4.78, 5) is 70.2. The molecule has 0 aromatic heterocycles. The van der Waals surface area contributed by atoms with Crippen molar-refractivity contribution < 1.29 is 38.5 Å². The zero-order valence-electron chi connectivity index (χ0n) is 35.7. The maximum atomic E-state index is 14.1. The predicted octanol–water partition coefficient (Wildman–Crippen LogP) is 5.73. The highest BCUT2D eigenvalue weighted by atomic mass is 16.5. The topological polar surface area (TPSA) is 275 Å². The van der Waals surface area contributed by atoms with E-state index in [2.05, 4.69) is 30.1 Å². The van der Waals surface area contributed by atoms with Gasteiger partial charge < -0.3 is 19.3 Å². The summed E-state index contributed by atoms with van der Waals surface area (Å²) >= 11 is 0. The van der Waals surface area contributed by atoms with Crippen molar-refractivity contribution in [3.8, 4) is 0 Å². The van der Waals surface area contributed by atoms with Gasteiger partial charge in [-0.2, -0.15) is 0 Å². The Hall–Kier alpha value is -6.69. The van der Waals surface area contributed by atoms with Gasteiger partial charge in [-0.15, -0.1) is 0 Å². The Labute approximate surface area is 371 Å². The Morgan fingerprint density at radius 3 is 1.05 bits per heavy atom. The van der Waals surface area contributed by atoms with Crippen molar-refractivity contribution in [2.24, 2.45) is 15.3 Å². The van der Waals surface area contributed by atoms with E-state index in [1.807, 2.05) is 106 Å². The number of hydrogen-bond donors (Lipinski definition) is 1. The second-order valence-corrected chi connectivity index (χ2v) is 14.8. The molecule has 1 fully saturated rings. The molecule has 0 amide bonds. The van der Waals surface area contributed by atoms with Crippen LogP contribution in [0.3, 0.4) is 0 Å². The van der Waals surface area contributed by atoms with E-state index in [0.29, 0.717) is 0 Å². The number of carboxylic acid groups (broad SMARTS) is 1. The van der Waals surface area contributed by atoms with Crippen LogP contribution in [0.1, 0.15) is 36.0 Å². The number of carbonyl (C=O) groups is 4. The molecule has 3 aromatic rings. The molecular weight excluding hydrogens is 827 g/mol. The fraction of sp³-hybridized carbons (Fsp3) is 0.488. The number of nitrogens with zero attached hydrogens (tertiary/aromatic N) is 13. The van der Waals surface area contributed by atoms with Crippen molar-refractivity contribution in [1.29, 1.82) is 0 Å². The molecule has 1 heterocycles. The summed E-state index contributed by atoms with van der Waals surface area (Å²) in [6.07, 6.45) is 0.243. The van der Waals surface area contributed by atoms with Crippen LogP contribution in [-0.4, -0.2) is 145 Å². The van der Waals surface area contributed by atoms with E-state index in [9.17, 15) is 29.8 Å². The molecule has 0 unspecified atom stereocenters. The summed E-state index contributed by atoms with van der Waals surface area (Å²) in [5.74, 6) is -2.83. The van der Waals surface area contributed by atoms with Crippen molar-refractivity contribution in [3.05, 3.63) is 139 Å². The largest absolute Gasteiger partial charge is 0.480 e. The van der Waals surface area contributed by atoms with E-state index < -0.39 is 42.0 Å². The zero-order valence-corrected chi connectivity index (χ0v) is 35.7. The van der Waals surface area contributed by atoms with Crippen LogP contribution in [0.4, 0.5) is 0 Å². The minimum absolute atomic E-state index is 0.0119. The van der Waals surface area contributed by atoms with Crippen molar-refractivity contribution in [1.82, 2.24) is 19.6 Å². The number of carbonyl (C=O) groups excluding carboxylic acids is 3. The van der Waals surface area contributed by atoms with Crippen molar-refractivity contribution >= 4 is 23.9 Å². The first kappa shape index (κ1) is 50.0. The standard InChI is InChI=1S/C43H55N13O8/c44-50-47-19-16-37(41(59)62-31-34-10-4-1-5-11-34)54-24-22-53(30-40(57)58)23-25-55(38(17-20-48-51-45)42(60)63-32-35-12-6-2-7-13-35)27-29-56(28-26-54)39(18-21-49-52-46)43(61)64-33-36-14-8-3-9-15-36/h1-15,37-39H,16-33H2,(H,57,58)/t37-,38-,39-/m1/s1. The monoisotopic (exact) mass is 881 g/mol. The van der Waals surface area contributed by atoms with Gasteiger partial charge in [0.15, 0.2) is 0 Å². The molecular formula is C43H55N13O8. The maximum absolute atomic E-state index is 14.1. The first-order chi connectivity index (χ1) is 31.2. The Kier molecular flexibility index (Phi) is 22.5. The van der Waals surface area contributed by atoms with E-state index in [-0.39, 0.29) is 118 Å². The molecule has 0 spiro atoms. The molecule has 4 rings (SSSR count). The summed E-state index contributed by atoms with van der Waals surface area (Å²) in [6.45, 7) is 0.684. The number of esters is 3. The average Bonchev–Trinajstić information content (AvgIpc) is 3.31. The van der Waals surface area contributed by atoms with Gasteiger partial charge in [0, 0.05) is 86.7 Å². The summed E-state index contributed by atoms with van der Waals surface area (Å²) in [6, 6.07) is 24.6. The molecule has 0 bridgehead atoms. The summed E-state index contributed by atoms with van der Waals surface area (Å²) in [5, 5.41) is 21.1. The smallest absolute Gasteiger partial charge is 0.323 e. The molecule has 1 aliphatic rings. The zero-order chi connectivity index (χ0) is 45.8. The SMILES string of the molecule is [N-]=[N+]=NCC[C@H](C(=O)OCc1ccccc1)N1CCN(CC(=O)O)CCN([C@H](CCN=[N+]=[N-])C(=O)OCc2ccccc2)CCN([C@H](CCN=[N+]=[N-])C(=O)OCc2ccccc2)CC1. The minimum Gasteiger partial charge on any atom is -0.480 e. The number of ether oxygens (including phenoxy) is 3. The molecule has 3 aromatic carbocycles. The van der Waals surface area contributed by atoms with Gasteiger partial charge in [-0.25, -0.2) is 0 Å². The first-order valence-corrected chi connectivity index (χ1v) is 21.0. The first-order valence-electron chi connectivity index (χ1n) is 21.0. The molecule has 0 saturated carbocycles. The number of hydrogen-bond acceptors (Lipinski definition) is 14. The van der Waals surface area contributed by atoms with Crippen molar-refractivity contribution in [3.63, 3.8) is 0 Å². The normalized spacial score (nSPS) is 15.8. The van der Waals surface area contributed by atoms with Crippen molar-refractivity contribution in [2.45, 2.75) is 57.2 Å². The Morgan fingerprint density at radius 2 is 0.781 bits per heavy atom. The van der Waals surface area contributed by atoms with E-state index >= 15 is 0 Å². The lowest BCUT2D eigenvalue weighted by atomic mass is 10.1. The highest BCUT2D eigenvalue weighted by Crippen LogP contribution is 2.18. The molecule has 21 nitrogen and oxygen atoms in total. The maximum Gasteiger partial charge on any atom is 0.323 e. The second-order valence-electron chi connectivity index (χ2n) is 14.8. The van der Waals surface area contributed by atoms with Crippen LogP contribution < -0.4 is 0 Å². The van der Waals surface area contributed by atoms with Gasteiger partial charge in [-0.05, 0) is 52.5 Å². The lowest BCUT2D eigenvalue weighted by Gasteiger charge is -2.39. The van der Waals surface area contributed by atoms with Crippen LogP contribution >= 0.6 is 0 Å². The van der Waals surface area contributed by atoms with E-state index in [1.54, 1.807) is 4.90 Å². The highest BCUT2D eigenvalue weighted by Gasteiger charge is 2.34. The van der Waals surface area contributed by atoms with Gasteiger partial charge in [-0.3, -0.25) is 38.8 Å². The predicted molar refractivity (Wildman–Crippen MR) is 235 cm³/mol. The third kappa shape index (κ3) is 18.0. The molecule has 1 N–H and O–H groups in total. The van der Waals surface area contributed by atoms with E-state index in [1.165, 1.54) is 0 Å². The van der Waals surface area contributed by atoms with Crippen molar-refractivity contribution in [2.75, 3.05) is 78.5 Å². The lowest BCUT2D eigenvalue weighted by Crippen LogP contribution is -2.55. The summed E-state index contributed by atoms with van der Waals surface area (Å²) in [5.41, 5.74) is 29.7. The van der Waals surface area contributed by atoms with Crippen LogP contribution in [0, 0.1) is 0 Å². The van der Waals surface area contributed by atoms with Gasteiger partial charge in [0.1, 0.15) is 37.9 Å². The minimum atomic E-state index is -1.09. The number of benzene rings is 3. The Balaban J connectivity index is 1.73. The molecule has 1 aliphatic heterocycles. The highest BCUT2D eigenvalue weighted by molar-refractivity contribution is 5.77. The molecule has 0 radical (unpaired) electrons. The number of azide groups is 3. The molecule has 64 heavy (non-hydrogen) atoms. The Bertz CT molecular complexity index is 1950. The van der Waals surface area contributed by atoms with Crippen LogP contribution in [0.25, 0.3) is 31.3 Å². The fourth-order valence-corrected chi connectivity index (χ4v) is 7.28. The quantitative estimate of drug-likeness (QED) is 0.0393. The van der Waals surface area contributed by atoms with Gasteiger partial charge in [0.2, 0.25) is 0 Å². The Morgan fingerprint density at radius 1 is 0.500 bits per heavy atom. The van der Waals surface area contributed by atoms with E-state index in [4.69, 9.17) is 25.3 Å². The van der Waals surface area contributed by atoms with Gasteiger partial charge in [0.25, 0.3) is 0 Å². The van der Waals surface area contributed by atoms with Crippen LogP contribution in [0.5, 0.6) is 0 Å². The van der Waals surface area contributed by atoms with E-state index in [0.717, 1.165) is 16.7 Å². The van der Waals surface area contributed by atoms with Crippen LogP contribution in [0.15, 0.2) is 106 Å². The van der Waals surface area contributed by atoms with Gasteiger partial charge in [0.05, 0.1) is 6.54 Å². The molecule has 3 atom stereocenters. The molecule has 21 heteroatoms. The van der Waals surface area contributed by atoms with Crippen LogP contribution in [0.2, 0.25) is 0 Å². The average molecular weight is 882 g/mol.